The smallest absolute Gasteiger partial charge is 0.226 e. The van der Waals surface area contributed by atoms with E-state index in [1.807, 2.05) is 13.8 Å². The van der Waals surface area contributed by atoms with Gasteiger partial charge in [-0.05, 0) is 33.1 Å². The van der Waals surface area contributed by atoms with E-state index in [1.54, 1.807) is 4.90 Å². The van der Waals surface area contributed by atoms with Gasteiger partial charge in [0.25, 0.3) is 0 Å². The summed E-state index contributed by atoms with van der Waals surface area (Å²) in [5.74, 6) is 0.423. The zero-order valence-corrected chi connectivity index (χ0v) is 10.9. The molecule has 0 aromatic carbocycles. The van der Waals surface area contributed by atoms with Gasteiger partial charge in [0.2, 0.25) is 5.91 Å². The van der Waals surface area contributed by atoms with Gasteiger partial charge in [-0.25, -0.2) is 0 Å². The van der Waals surface area contributed by atoms with Gasteiger partial charge in [-0.2, -0.15) is 0 Å². The molecule has 0 bridgehead atoms. The van der Waals surface area contributed by atoms with E-state index in [0.717, 1.165) is 19.3 Å². The molecule has 0 aromatic rings. The fourth-order valence-corrected chi connectivity index (χ4v) is 2.28. The van der Waals surface area contributed by atoms with Crippen LogP contribution in [0.5, 0.6) is 0 Å². The van der Waals surface area contributed by atoms with Gasteiger partial charge in [0.1, 0.15) is 0 Å². The third-order valence-electron chi connectivity index (χ3n) is 3.68. The van der Waals surface area contributed by atoms with Crippen LogP contribution in [0.15, 0.2) is 0 Å². The highest BCUT2D eigenvalue weighted by atomic mass is 16.2. The minimum Gasteiger partial charge on any atom is -0.330 e. The molecule has 3 nitrogen and oxygen atoms in total. The fraction of sp³-hybridized carbons (Fsp3) is 0.846. The summed E-state index contributed by atoms with van der Waals surface area (Å²) >= 11 is 0. The minimum absolute atomic E-state index is 0.0742. The van der Waals surface area contributed by atoms with Crippen LogP contribution in [-0.2, 0) is 9.59 Å². The molecule has 3 heteroatoms. The third-order valence-corrected chi connectivity index (χ3v) is 3.68. The molecule has 1 amide bonds. The third kappa shape index (κ3) is 2.63. The number of likely N-dealkylation sites (tertiary alicyclic amines) is 1. The largest absolute Gasteiger partial charge is 0.330 e. The molecule has 1 fully saturated rings. The van der Waals surface area contributed by atoms with Crippen LogP contribution in [0.2, 0.25) is 0 Å². The lowest BCUT2D eigenvalue weighted by atomic mass is 9.87. The molecule has 1 saturated heterocycles. The summed E-state index contributed by atoms with van der Waals surface area (Å²) < 4.78 is 0. The highest BCUT2D eigenvalue weighted by Crippen LogP contribution is 2.28. The van der Waals surface area contributed by atoms with E-state index in [1.165, 1.54) is 0 Å². The molecule has 16 heavy (non-hydrogen) atoms. The summed E-state index contributed by atoms with van der Waals surface area (Å²) in [5.41, 5.74) is -0.159. The maximum Gasteiger partial charge on any atom is 0.226 e. The summed E-state index contributed by atoms with van der Waals surface area (Å²) in [7, 11) is 0. The molecular formula is C13H23NO2. The second kappa shape index (κ2) is 4.98. The molecule has 0 spiro atoms. The Labute approximate surface area is 98.2 Å². The second-order valence-corrected chi connectivity index (χ2v) is 5.29. The zero-order chi connectivity index (χ0) is 12.3. The molecule has 0 N–H and O–H groups in total. The second-order valence-electron chi connectivity index (χ2n) is 5.29. The highest BCUT2D eigenvalue weighted by Gasteiger charge is 2.38. The van der Waals surface area contributed by atoms with Gasteiger partial charge in [0, 0.05) is 17.9 Å². The Hall–Kier alpha value is -0.860. The standard InChI is InChI=1S/C13H23NO2/c1-5-10(6-2)12(16)14-9-11(15)7-8-13(14,3)4/h10H,5-9H2,1-4H3. The Balaban J connectivity index is 2.82. The van der Waals surface area contributed by atoms with Crippen LogP contribution in [0.25, 0.3) is 0 Å². The Bertz CT molecular complexity index is 280. The SMILES string of the molecule is CCC(CC)C(=O)N1CC(=O)CCC1(C)C. The Kier molecular flexibility index (Phi) is 4.11. The van der Waals surface area contributed by atoms with E-state index in [-0.39, 0.29) is 23.1 Å². The number of amides is 1. The lowest BCUT2D eigenvalue weighted by molar-refractivity contribution is -0.148. The van der Waals surface area contributed by atoms with Crippen molar-refractivity contribution in [2.75, 3.05) is 6.54 Å². The molecule has 0 saturated carbocycles. The molecule has 1 rings (SSSR count). The van der Waals surface area contributed by atoms with E-state index in [4.69, 9.17) is 0 Å². The van der Waals surface area contributed by atoms with Crippen LogP contribution in [-0.4, -0.2) is 28.7 Å². The first-order chi connectivity index (χ1) is 7.42. The van der Waals surface area contributed by atoms with E-state index in [0.29, 0.717) is 13.0 Å². The molecule has 0 aliphatic carbocycles. The predicted molar refractivity (Wildman–Crippen MR) is 64.1 cm³/mol. The van der Waals surface area contributed by atoms with Crippen molar-refractivity contribution in [2.24, 2.45) is 5.92 Å². The Morgan fingerprint density at radius 1 is 1.38 bits per heavy atom. The van der Waals surface area contributed by atoms with Crippen LogP contribution in [0.4, 0.5) is 0 Å². The van der Waals surface area contributed by atoms with Crippen LogP contribution in [0.3, 0.4) is 0 Å². The lowest BCUT2D eigenvalue weighted by Gasteiger charge is -2.43. The average Bonchev–Trinajstić information content (AvgIpc) is 2.23. The fourth-order valence-electron chi connectivity index (χ4n) is 2.28. The van der Waals surface area contributed by atoms with Gasteiger partial charge < -0.3 is 4.90 Å². The number of hydrogen-bond donors (Lipinski definition) is 0. The maximum absolute atomic E-state index is 12.3. The van der Waals surface area contributed by atoms with Gasteiger partial charge in [0.05, 0.1) is 6.54 Å². The summed E-state index contributed by atoms with van der Waals surface area (Å²) in [6, 6.07) is 0. The average molecular weight is 225 g/mol. The van der Waals surface area contributed by atoms with Crippen LogP contribution in [0, 0.1) is 5.92 Å². The van der Waals surface area contributed by atoms with Crippen LogP contribution >= 0.6 is 0 Å². The summed E-state index contributed by atoms with van der Waals surface area (Å²) in [6.07, 6.45) is 3.11. The number of nitrogens with zero attached hydrogens (tertiary/aromatic N) is 1. The van der Waals surface area contributed by atoms with E-state index in [2.05, 4.69) is 13.8 Å². The topological polar surface area (TPSA) is 37.4 Å². The monoisotopic (exact) mass is 225 g/mol. The summed E-state index contributed by atoms with van der Waals surface area (Å²) in [5, 5.41) is 0. The van der Waals surface area contributed by atoms with Crippen molar-refractivity contribution < 1.29 is 9.59 Å². The van der Waals surface area contributed by atoms with Crippen LogP contribution in [0.1, 0.15) is 53.4 Å². The van der Waals surface area contributed by atoms with Crippen LogP contribution < -0.4 is 0 Å². The Morgan fingerprint density at radius 3 is 2.44 bits per heavy atom. The molecule has 0 unspecified atom stereocenters. The highest BCUT2D eigenvalue weighted by molar-refractivity contribution is 5.88. The van der Waals surface area contributed by atoms with E-state index < -0.39 is 0 Å². The first kappa shape index (κ1) is 13.2. The predicted octanol–water partition coefficient (Wildman–Crippen LogP) is 2.39. The van der Waals surface area contributed by atoms with Crippen molar-refractivity contribution in [1.82, 2.24) is 4.90 Å². The van der Waals surface area contributed by atoms with Gasteiger partial charge in [-0.3, -0.25) is 9.59 Å². The van der Waals surface area contributed by atoms with Gasteiger partial charge >= 0.3 is 0 Å². The quantitative estimate of drug-likeness (QED) is 0.739. The van der Waals surface area contributed by atoms with Crippen molar-refractivity contribution in [2.45, 2.75) is 58.9 Å². The first-order valence-electron chi connectivity index (χ1n) is 6.25. The van der Waals surface area contributed by atoms with Gasteiger partial charge in [0.15, 0.2) is 5.78 Å². The molecule has 0 radical (unpaired) electrons. The molecule has 0 atom stereocenters. The number of carbonyl (C=O) groups is 2. The molecule has 92 valence electrons. The van der Waals surface area contributed by atoms with E-state index >= 15 is 0 Å². The van der Waals surface area contributed by atoms with Crippen molar-refractivity contribution in [3.63, 3.8) is 0 Å². The number of carbonyl (C=O) groups excluding carboxylic acids is 2. The van der Waals surface area contributed by atoms with E-state index in [9.17, 15) is 9.59 Å². The zero-order valence-electron chi connectivity index (χ0n) is 10.9. The first-order valence-corrected chi connectivity index (χ1v) is 6.25. The van der Waals surface area contributed by atoms with Crippen molar-refractivity contribution in [1.29, 1.82) is 0 Å². The summed E-state index contributed by atoms with van der Waals surface area (Å²) in [6.45, 7) is 8.48. The number of piperidine rings is 1. The molecule has 1 aliphatic rings. The summed E-state index contributed by atoms with van der Waals surface area (Å²) in [4.78, 5) is 25.6. The molecule has 0 aromatic heterocycles. The Morgan fingerprint density at radius 2 is 1.94 bits per heavy atom. The molecule has 1 heterocycles. The number of hydrogen-bond acceptors (Lipinski definition) is 2. The number of ketones is 1. The van der Waals surface area contributed by atoms with Gasteiger partial charge in [-0.15, -0.1) is 0 Å². The lowest BCUT2D eigenvalue weighted by Crippen LogP contribution is -2.55. The normalized spacial score (nSPS) is 20.3. The minimum atomic E-state index is -0.159. The number of rotatable bonds is 3. The number of Topliss-reactive ketones (excluding diaryl/α,β-unsaturated/α-hetero) is 1. The molecular weight excluding hydrogens is 202 g/mol. The maximum atomic E-state index is 12.3. The van der Waals surface area contributed by atoms with Crippen molar-refractivity contribution >= 4 is 11.7 Å². The van der Waals surface area contributed by atoms with Crippen molar-refractivity contribution in [3.8, 4) is 0 Å². The van der Waals surface area contributed by atoms with Crippen molar-refractivity contribution in [3.05, 3.63) is 0 Å². The van der Waals surface area contributed by atoms with Gasteiger partial charge in [-0.1, -0.05) is 13.8 Å². The molecule has 1 aliphatic heterocycles.